The molecule has 0 unspecified atom stereocenters. The predicted molar refractivity (Wildman–Crippen MR) is 48.6 cm³/mol. The fourth-order valence-corrected chi connectivity index (χ4v) is 1.76. The number of hydrogen-bond acceptors (Lipinski definition) is 3. The Balaban J connectivity index is 2.60. The van der Waals surface area contributed by atoms with E-state index < -0.39 is 10.3 Å². The van der Waals surface area contributed by atoms with Gasteiger partial charge in [-0.25, -0.2) is 0 Å². The van der Waals surface area contributed by atoms with Gasteiger partial charge in [-0.05, 0) is 12.1 Å². The molecule has 0 atom stereocenters. The second-order valence-electron chi connectivity index (χ2n) is 2.43. The molecule has 0 bridgehead atoms. The van der Waals surface area contributed by atoms with E-state index in [4.69, 9.17) is 11.6 Å². The summed E-state index contributed by atoms with van der Waals surface area (Å²) < 4.78 is 29.5. The maximum absolute atomic E-state index is 10.9. The zero-order valence-electron chi connectivity index (χ0n) is 6.27. The van der Waals surface area contributed by atoms with Crippen molar-refractivity contribution < 1.29 is 12.6 Å². The molecule has 2 rings (SSSR count). The average Bonchev–Trinajstić information content (AvgIpc) is 2.01. The summed E-state index contributed by atoms with van der Waals surface area (Å²) in [7, 11) is -3.80. The molecule has 0 radical (unpaired) electrons. The van der Waals surface area contributed by atoms with Crippen molar-refractivity contribution in [3.63, 3.8) is 0 Å². The van der Waals surface area contributed by atoms with Gasteiger partial charge in [0.25, 0.3) is 0 Å². The van der Waals surface area contributed by atoms with E-state index >= 15 is 0 Å². The largest absolute Gasteiger partial charge is 0.428 e. The minimum absolute atomic E-state index is 0.211. The summed E-state index contributed by atoms with van der Waals surface area (Å²) in [6, 6.07) is 4.70. The molecule has 0 aliphatic carbocycles. The van der Waals surface area contributed by atoms with Gasteiger partial charge in [-0.3, -0.25) is 0 Å². The van der Waals surface area contributed by atoms with Gasteiger partial charge in [-0.1, -0.05) is 11.6 Å². The van der Waals surface area contributed by atoms with Crippen LogP contribution in [-0.4, -0.2) is 14.6 Å². The van der Waals surface area contributed by atoms with Crippen LogP contribution in [0.1, 0.15) is 5.56 Å². The molecule has 13 heavy (non-hydrogen) atoms. The molecule has 0 saturated heterocycles. The van der Waals surface area contributed by atoms with Crippen LogP contribution in [0.4, 0.5) is 0 Å². The Morgan fingerprint density at radius 2 is 2.15 bits per heavy atom. The van der Waals surface area contributed by atoms with Gasteiger partial charge in [0.15, 0.2) is 5.75 Å². The summed E-state index contributed by atoms with van der Waals surface area (Å²) in [5.74, 6) is 0.211. The molecule has 0 N–H and O–H groups in total. The summed E-state index contributed by atoms with van der Waals surface area (Å²) in [5, 5.41) is 0.421. The smallest absolute Gasteiger partial charge is 0.365 e. The molecular formula is C7H4ClNO3S. The summed E-state index contributed by atoms with van der Waals surface area (Å²) in [5.41, 5.74) is 0.597. The molecule has 6 heteroatoms. The van der Waals surface area contributed by atoms with E-state index in [1.165, 1.54) is 12.3 Å². The summed E-state index contributed by atoms with van der Waals surface area (Å²) in [4.78, 5) is 0. The predicted octanol–water partition coefficient (Wildman–Crippen LogP) is 1.40. The summed E-state index contributed by atoms with van der Waals surface area (Å²) in [6.07, 6.45) is 1.23. The third-order valence-electron chi connectivity index (χ3n) is 1.49. The van der Waals surface area contributed by atoms with Gasteiger partial charge in [0.05, 0.1) is 6.21 Å². The van der Waals surface area contributed by atoms with Gasteiger partial charge < -0.3 is 4.18 Å². The highest BCUT2D eigenvalue weighted by Gasteiger charge is 2.17. The van der Waals surface area contributed by atoms with Crippen molar-refractivity contribution in [2.75, 3.05) is 0 Å². The lowest BCUT2D eigenvalue weighted by Gasteiger charge is -2.10. The van der Waals surface area contributed by atoms with E-state index in [1.54, 1.807) is 12.1 Å². The van der Waals surface area contributed by atoms with Gasteiger partial charge in [-0.2, -0.15) is 8.42 Å². The Labute approximate surface area is 80.1 Å². The standard InChI is InChI=1S/C7H4ClNO3S/c8-6-2-1-5-4-9-13(10,11)12-7(5)3-6/h1-4H. The molecule has 0 amide bonds. The highest BCUT2D eigenvalue weighted by molar-refractivity contribution is 7.86. The molecule has 68 valence electrons. The van der Waals surface area contributed by atoms with Crippen LogP contribution in [0.3, 0.4) is 0 Å². The van der Waals surface area contributed by atoms with E-state index in [-0.39, 0.29) is 5.75 Å². The van der Waals surface area contributed by atoms with Crippen molar-refractivity contribution in [3.05, 3.63) is 28.8 Å². The SMILES string of the molecule is O=S1(=O)N=Cc2ccc(Cl)cc2O1. The first-order valence-electron chi connectivity index (χ1n) is 3.36. The van der Waals surface area contributed by atoms with Crippen molar-refractivity contribution in [1.82, 2.24) is 0 Å². The number of halogens is 1. The van der Waals surface area contributed by atoms with Crippen LogP contribution < -0.4 is 4.18 Å². The molecule has 0 saturated carbocycles. The lowest BCUT2D eigenvalue weighted by atomic mass is 10.2. The number of benzene rings is 1. The van der Waals surface area contributed by atoms with Crippen molar-refractivity contribution in [1.29, 1.82) is 0 Å². The highest BCUT2D eigenvalue weighted by Crippen LogP contribution is 2.26. The zero-order chi connectivity index (χ0) is 9.47. The Morgan fingerprint density at radius 1 is 1.38 bits per heavy atom. The average molecular weight is 218 g/mol. The lowest BCUT2D eigenvalue weighted by Crippen LogP contribution is -2.11. The molecule has 1 aromatic carbocycles. The third-order valence-corrected chi connectivity index (χ3v) is 2.48. The second kappa shape index (κ2) is 2.71. The monoisotopic (exact) mass is 217 g/mol. The van der Waals surface area contributed by atoms with Crippen LogP contribution in [0, 0.1) is 0 Å². The van der Waals surface area contributed by atoms with Gasteiger partial charge in [-0.15, -0.1) is 4.40 Å². The van der Waals surface area contributed by atoms with Crippen molar-refractivity contribution in [2.45, 2.75) is 0 Å². The molecule has 0 aromatic heterocycles. The first-order chi connectivity index (χ1) is 6.07. The summed E-state index contributed by atoms with van der Waals surface area (Å²) in [6.45, 7) is 0. The maximum Gasteiger partial charge on any atom is 0.428 e. The third kappa shape index (κ3) is 1.66. The number of hydrogen-bond donors (Lipinski definition) is 0. The van der Waals surface area contributed by atoms with Gasteiger partial charge >= 0.3 is 10.3 Å². The minimum Gasteiger partial charge on any atom is -0.365 e. The van der Waals surface area contributed by atoms with Gasteiger partial charge in [0.2, 0.25) is 0 Å². The van der Waals surface area contributed by atoms with Crippen LogP contribution in [0.15, 0.2) is 22.6 Å². The van der Waals surface area contributed by atoms with Crippen LogP contribution >= 0.6 is 11.6 Å². The molecule has 1 aromatic rings. The number of fused-ring (bicyclic) bond motifs is 1. The van der Waals surface area contributed by atoms with Crippen LogP contribution in [0.25, 0.3) is 0 Å². The molecule has 0 spiro atoms. The van der Waals surface area contributed by atoms with Crippen molar-refractivity contribution in [2.24, 2.45) is 4.40 Å². The molecule has 1 aliphatic heterocycles. The maximum atomic E-state index is 10.9. The lowest BCUT2D eigenvalue weighted by molar-refractivity contribution is 0.485. The molecule has 0 fully saturated rings. The fraction of sp³-hybridized carbons (Fsp3) is 0. The van der Waals surface area contributed by atoms with E-state index in [0.717, 1.165) is 0 Å². The van der Waals surface area contributed by atoms with E-state index in [2.05, 4.69) is 8.58 Å². The second-order valence-corrected chi connectivity index (χ2v) is 4.10. The highest BCUT2D eigenvalue weighted by atomic mass is 35.5. The fourth-order valence-electron chi connectivity index (χ4n) is 0.943. The van der Waals surface area contributed by atoms with Gasteiger partial charge in [0, 0.05) is 16.7 Å². The Kier molecular flexibility index (Phi) is 1.78. The quantitative estimate of drug-likeness (QED) is 0.660. The first kappa shape index (κ1) is 8.52. The molecule has 1 heterocycles. The van der Waals surface area contributed by atoms with E-state index in [9.17, 15) is 8.42 Å². The Bertz CT molecular complexity index is 481. The van der Waals surface area contributed by atoms with Gasteiger partial charge in [0.1, 0.15) is 0 Å². The number of rotatable bonds is 0. The zero-order valence-corrected chi connectivity index (χ0v) is 7.84. The topological polar surface area (TPSA) is 55.7 Å². The molecular weight excluding hydrogens is 214 g/mol. The minimum atomic E-state index is -3.80. The number of nitrogens with zero attached hydrogens (tertiary/aromatic N) is 1. The van der Waals surface area contributed by atoms with Crippen molar-refractivity contribution in [3.8, 4) is 5.75 Å². The summed E-state index contributed by atoms with van der Waals surface area (Å²) >= 11 is 5.65. The molecule has 1 aliphatic rings. The van der Waals surface area contributed by atoms with E-state index in [0.29, 0.717) is 10.6 Å². The van der Waals surface area contributed by atoms with Crippen molar-refractivity contribution >= 4 is 28.1 Å². The normalized spacial score (nSPS) is 17.6. The van der Waals surface area contributed by atoms with Crippen LogP contribution in [-0.2, 0) is 10.3 Å². The van der Waals surface area contributed by atoms with Crippen LogP contribution in [0.5, 0.6) is 5.75 Å². The van der Waals surface area contributed by atoms with E-state index in [1.807, 2.05) is 0 Å². The van der Waals surface area contributed by atoms with Crippen LogP contribution in [0.2, 0.25) is 5.02 Å². The Hall–Kier alpha value is -1.07. The Morgan fingerprint density at radius 3 is 2.92 bits per heavy atom. The first-order valence-corrected chi connectivity index (χ1v) is 5.10. The molecule has 4 nitrogen and oxygen atoms in total.